The minimum atomic E-state index is -4.55. The Morgan fingerprint density at radius 3 is 2.47 bits per heavy atom. The smallest absolute Gasteiger partial charge is 0.208 e. The van der Waals surface area contributed by atoms with Gasteiger partial charge in [-0.25, -0.2) is 13.1 Å². The quantitative estimate of drug-likeness (QED) is 0.907. The second kappa shape index (κ2) is 5.92. The van der Waals surface area contributed by atoms with Crippen LogP contribution in [-0.2, 0) is 16.2 Å². The summed E-state index contributed by atoms with van der Waals surface area (Å²) < 4.78 is 63.8. The van der Waals surface area contributed by atoms with Crippen molar-refractivity contribution in [1.29, 1.82) is 0 Å². The Morgan fingerprint density at radius 1 is 1.32 bits per heavy atom. The molecule has 0 aliphatic carbocycles. The van der Waals surface area contributed by atoms with Crippen LogP contribution in [0.15, 0.2) is 29.2 Å². The van der Waals surface area contributed by atoms with Gasteiger partial charge in [-0.1, -0.05) is 19.4 Å². The van der Waals surface area contributed by atoms with Gasteiger partial charge in [-0.3, -0.25) is 0 Å². The first-order chi connectivity index (χ1) is 8.66. The molecule has 1 aromatic rings. The fourth-order valence-electron chi connectivity index (χ4n) is 1.66. The van der Waals surface area contributed by atoms with E-state index < -0.39 is 21.8 Å². The molecule has 3 nitrogen and oxygen atoms in total. The Morgan fingerprint density at radius 2 is 1.95 bits per heavy atom. The van der Waals surface area contributed by atoms with Crippen molar-refractivity contribution in [3.8, 4) is 0 Å². The average Bonchev–Trinajstić information content (AvgIpc) is 2.27. The molecule has 0 aliphatic heterocycles. The van der Waals surface area contributed by atoms with Crippen LogP contribution in [-0.4, -0.2) is 14.5 Å². The van der Waals surface area contributed by atoms with Crippen LogP contribution in [0.2, 0.25) is 0 Å². The van der Waals surface area contributed by atoms with Crippen molar-refractivity contribution in [2.24, 2.45) is 0 Å². The number of sulfonamides is 1. The SMILES string of the molecule is CCC[C@@H](C)NS(=O)(=O)c1cccc(C(F)(F)F)c1. The zero-order valence-corrected chi connectivity index (χ0v) is 11.5. The summed E-state index contributed by atoms with van der Waals surface area (Å²) in [6.45, 7) is 3.57. The lowest BCUT2D eigenvalue weighted by Gasteiger charge is -2.14. The van der Waals surface area contributed by atoms with Crippen LogP contribution in [0, 0.1) is 0 Å². The van der Waals surface area contributed by atoms with Crippen molar-refractivity contribution in [2.75, 3.05) is 0 Å². The molecule has 0 heterocycles. The molecule has 0 aliphatic rings. The Kier molecular flexibility index (Phi) is 4.98. The Hall–Kier alpha value is -1.08. The lowest BCUT2D eigenvalue weighted by molar-refractivity contribution is -0.137. The van der Waals surface area contributed by atoms with E-state index in [1.807, 2.05) is 6.92 Å². The molecular weight excluding hydrogens is 279 g/mol. The Labute approximate surface area is 110 Å². The van der Waals surface area contributed by atoms with Crippen LogP contribution in [0.4, 0.5) is 13.2 Å². The maximum Gasteiger partial charge on any atom is 0.416 e. The monoisotopic (exact) mass is 295 g/mol. The van der Waals surface area contributed by atoms with Crippen molar-refractivity contribution >= 4 is 10.0 Å². The van der Waals surface area contributed by atoms with E-state index in [4.69, 9.17) is 0 Å². The third-order valence-corrected chi connectivity index (χ3v) is 4.14. The number of benzene rings is 1. The molecule has 1 atom stereocenters. The molecule has 0 unspecified atom stereocenters. The summed E-state index contributed by atoms with van der Waals surface area (Å²) in [5.74, 6) is 0. The van der Waals surface area contributed by atoms with Crippen molar-refractivity contribution in [1.82, 2.24) is 4.72 Å². The second-order valence-electron chi connectivity index (χ2n) is 4.34. The van der Waals surface area contributed by atoms with Gasteiger partial charge >= 0.3 is 6.18 Å². The predicted octanol–water partition coefficient (Wildman–Crippen LogP) is 3.17. The zero-order chi connectivity index (χ0) is 14.7. The molecule has 0 saturated heterocycles. The van der Waals surface area contributed by atoms with E-state index in [1.54, 1.807) is 6.92 Å². The van der Waals surface area contributed by atoms with Crippen molar-refractivity contribution in [3.05, 3.63) is 29.8 Å². The number of alkyl halides is 3. The highest BCUT2D eigenvalue weighted by molar-refractivity contribution is 7.89. The first kappa shape index (κ1) is 16.0. The first-order valence-electron chi connectivity index (χ1n) is 5.86. The number of halogens is 3. The molecular formula is C12H16F3NO2S. The third-order valence-electron chi connectivity index (χ3n) is 2.55. The normalized spacial score (nSPS) is 14.4. The van der Waals surface area contributed by atoms with Crippen molar-refractivity contribution in [2.45, 2.75) is 43.8 Å². The van der Waals surface area contributed by atoms with Crippen LogP contribution < -0.4 is 4.72 Å². The van der Waals surface area contributed by atoms with Crippen molar-refractivity contribution < 1.29 is 21.6 Å². The van der Waals surface area contributed by atoms with E-state index in [-0.39, 0.29) is 10.9 Å². The van der Waals surface area contributed by atoms with Gasteiger partial charge in [-0.2, -0.15) is 13.2 Å². The molecule has 1 aromatic carbocycles. The average molecular weight is 295 g/mol. The van der Waals surface area contributed by atoms with Gasteiger partial charge in [-0.05, 0) is 31.5 Å². The predicted molar refractivity (Wildman–Crippen MR) is 66.1 cm³/mol. The topological polar surface area (TPSA) is 46.2 Å². The maximum atomic E-state index is 12.5. The van der Waals surface area contributed by atoms with Crippen LogP contribution in [0.3, 0.4) is 0 Å². The Balaban J connectivity index is 3.02. The zero-order valence-electron chi connectivity index (χ0n) is 10.7. The summed E-state index contributed by atoms with van der Waals surface area (Å²) in [5.41, 5.74) is -0.974. The van der Waals surface area contributed by atoms with E-state index in [2.05, 4.69) is 4.72 Å². The van der Waals surface area contributed by atoms with Gasteiger partial charge in [0.25, 0.3) is 0 Å². The van der Waals surface area contributed by atoms with Crippen LogP contribution in [0.5, 0.6) is 0 Å². The van der Waals surface area contributed by atoms with Gasteiger partial charge < -0.3 is 0 Å². The summed E-state index contributed by atoms with van der Waals surface area (Å²) in [7, 11) is -3.91. The van der Waals surface area contributed by atoms with Crippen LogP contribution >= 0.6 is 0 Å². The fraction of sp³-hybridized carbons (Fsp3) is 0.500. The minimum Gasteiger partial charge on any atom is -0.208 e. The molecule has 0 fully saturated rings. The van der Waals surface area contributed by atoms with Gasteiger partial charge in [0.05, 0.1) is 10.5 Å². The highest BCUT2D eigenvalue weighted by Crippen LogP contribution is 2.30. The highest BCUT2D eigenvalue weighted by atomic mass is 32.2. The number of rotatable bonds is 5. The van der Waals surface area contributed by atoms with E-state index in [9.17, 15) is 21.6 Å². The molecule has 0 radical (unpaired) electrons. The molecule has 1 N–H and O–H groups in total. The lowest BCUT2D eigenvalue weighted by Crippen LogP contribution is -2.32. The fourth-order valence-corrected chi connectivity index (χ4v) is 2.99. The standard InChI is InChI=1S/C12H16F3NO2S/c1-3-5-9(2)16-19(17,18)11-7-4-6-10(8-11)12(13,14)15/h4,6-9,16H,3,5H2,1-2H3/t9-/m1/s1. The Bertz CT molecular complexity index is 526. The summed E-state index contributed by atoms with van der Waals surface area (Å²) in [6, 6.07) is 3.40. The van der Waals surface area contributed by atoms with Gasteiger partial charge in [0, 0.05) is 6.04 Å². The highest BCUT2D eigenvalue weighted by Gasteiger charge is 2.31. The molecule has 7 heteroatoms. The van der Waals surface area contributed by atoms with Gasteiger partial charge in [0.15, 0.2) is 0 Å². The lowest BCUT2D eigenvalue weighted by atomic mass is 10.2. The minimum absolute atomic E-state index is 0.315. The molecule has 108 valence electrons. The maximum absolute atomic E-state index is 12.5. The molecule has 0 amide bonds. The molecule has 1 rings (SSSR count). The molecule has 0 spiro atoms. The summed E-state index contributed by atoms with van der Waals surface area (Å²) in [6.07, 6.45) is -3.15. The van der Waals surface area contributed by atoms with Crippen LogP contribution in [0.1, 0.15) is 32.3 Å². The summed E-state index contributed by atoms with van der Waals surface area (Å²) >= 11 is 0. The number of hydrogen-bond donors (Lipinski definition) is 1. The van der Waals surface area contributed by atoms with Gasteiger partial charge in [0.1, 0.15) is 0 Å². The number of nitrogens with one attached hydrogen (secondary N) is 1. The number of hydrogen-bond acceptors (Lipinski definition) is 2. The third kappa shape index (κ3) is 4.50. The van der Waals surface area contributed by atoms with E-state index >= 15 is 0 Å². The largest absolute Gasteiger partial charge is 0.416 e. The van der Waals surface area contributed by atoms with E-state index in [0.717, 1.165) is 24.6 Å². The summed E-state index contributed by atoms with van der Waals surface area (Å²) in [5, 5.41) is 0. The first-order valence-corrected chi connectivity index (χ1v) is 7.34. The molecule has 19 heavy (non-hydrogen) atoms. The summed E-state index contributed by atoms with van der Waals surface area (Å²) in [4.78, 5) is -0.370. The molecule has 0 aromatic heterocycles. The van der Waals surface area contributed by atoms with E-state index in [1.165, 1.54) is 0 Å². The van der Waals surface area contributed by atoms with E-state index in [0.29, 0.717) is 12.5 Å². The molecule has 0 bridgehead atoms. The van der Waals surface area contributed by atoms with Gasteiger partial charge in [0.2, 0.25) is 10.0 Å². The molecule has 0 saturated carbocycles. The van der Waals surface area contributed by atoms with Crippen molar-refractivity contribution in [3.63, 3.8) is 0 Å². The van der Waals surface area contributed by atoms with Gasteiger partial charge in [-0.15, -0.1) is 0 Å². The van der Waals surface area contributed by atoms with Crippen LogP contribution in [0.25, 0.3) is 0 Å². The second-order valence-corrected chi connectivity index (χ2v) is 6.05.